The minimum absolute atomic E-state index is 0.299. The van der Waals surface area contributed by atoms with E-state index in [2.05, 4.69) is 16.6 Å². The van der Waals surface area contributed by atoms with Gasteiger partial charge in [0.05, 0.1) is 12.7 Å². The van der Waals surface area contributed by atoms with Crippen LogP contribution in [0, 0.1) is 6.92 Å². The third-order valence-electron chi connectivity index (χ3n) is 3.01. The summed E-state index contributed by atoms with van der Waals surface area (Å²) in [5, 5.41) is 13.0. The molecule has 2 rings (SSSR count). The summed E-state index contributed by atoms with van der Waals surface area (Å²) in [6, 6.07) is 5.11. The van der Waals surface area contributed by atoms with E-state index in [0.29, 0.717) is 11.3 Å². The predicted molar refractivity (Wildman–Crippen MR) is 64.9 cm³/mol. The van der Waals surface area contributed by atoms with Crippen LogP contribution in [0.1, 0.15) is 11.1 Å². The van der Waals surface area contributed by atoms with Crippen LogP contribution in [0.5, 0.6) is 0 Å². The molecule has 18 heavy (non-hydrogen) atoms. The lowest BCUT2D eigenvalue weighted by Crippen LogP contribution is -2.39. The van der Waals surface area contributed by atoms with Gasteiger partial charge in [-0.3, -0.25) is 4.79 Å². The fourth-order valence-corrected chi connectivity index (χ4v) is 1.97. The van der Waals surface area contributed by atoms with Crippen molar-refractivity contribution < 1.29 is 19.4 Å². The molecule has 0 fully saturated rings. The van der Waals surface area contributed by atoms with Crippen molar-refractivity contribution in [2.75, 3.05) is 12.4 Å². The summed E-state index contributed by atoms with van der Waals surface area (Å²) in [7, 11) is 1.17. The second-order valence-electron chi connectivity index (χ2n) is 4.18. The first-order chi connectivity index (χ1) is 8.41. The lowest BCUT2D eigenvalue weighted by molar-refractivity contribution is -0.143. The SMILES string of the molecule is C=C(C(=O)OC)C1(O)C(=O)Nc2ccc(C)cc21. The topological polar surface area (TPSA) is 75.6 Å². The summed E-state index contributed by atoms with van der Waals surface area (Å²) in [5.74, 6) is -1.51. The number of hydrogen-bond donors (Lipinski definition) is 2. The third-order valence-corrected chi connectivity index (χ3v) is 3.01. The van der Waals surface area contributed by atoms with Crippen molar-refractivity contribution in [1.29, 1.82) is 0 Å². The number of benzene rings is 1. The van der Waals surface area contributed by atoms with Gasteiger partial charge in [0.15, 0.2) is 0 Å². The van der Waals surface area contributed by atoms with Gasteiger partial charge in [0, 0.05) is 11.3 Å². The van der Waals surface area contributed by atoms with Crippen molar-refractivity contribution in [3.63, 3.8) is 0 Å². The van der Waals surface area contributed by atoms with Gasteiger partial charge in [0.1, 0.15) is 0 Å². The summed E-state index contributed by atoms with van der Waals surface area (Å²) in [6.07, 6.45) is 0. The monoisotopic (exact) mass is 247 g/mol. The van der Waals surface area contributed by atoms with Crippen molar-refractivity contribution in [2.24, 2.45) is 0 Å². The quantitative estimate of drug-likeness (QED) is 0.600. The van der Waals surface area contributed by atoms with Crippen molar-refractivity contribution in [3.05, 3.63) is 41.5 Å². The van der Waals surface area contributed by atoms with Crippen molar-refractivity contribution in [2.45, 2.75) is 12.5 Å². The molecule has 1 aliphatic rings. The van der Waals surface area contributed by atoms with Gasteiger partial charge in [-0.05, 0) is 13.0 Å². The third kappa shape index (κ3) is 1.52. The average Bonchev–Trinajstić information content (AvgIpc) is 2.61. The Kier molecular flexibility index (Phi) is 2.71. The van der Waals surface area contributed by atoms with Crippen LogP contribution in [-0.2, 0) is 19.9 Å². The molecule has 1 heterocycles. The summed E-state index contributed by atoms with van der Waals surface area (Å²) < 4.78 is 4.50. The van der Waals surface area contributed by atoms with Gasteiger partial charge < -0.3 is 15.2 Å². The number of esters is 1. The number of carbonyl (C=O) groups is 2. The molecular formula is C13H13NO4. The zero-order valence-electron chi connectivity index (χ0n) is 10.1. The molecular weight excluding hydrogens is 234 g/mol. The summed E-state index contributed by atoms with van der Waals surface area (Å²) >= 11 is 0. The van der Waals surface area contributed by atoms with E-state index >= 15 is 0 Å². The number of aryl methyl sites for hydroxylation is 1. The van der Waals surface area contributed by atoms with Gasteiger partial charge in [0.2, 0.25) is 5.60 Å². The Morgan fingerprint density at radius 3 is 2.78 bits per heavy atom. The molecule has 0 bridgehead atoms. The summed E-state index contributed by atoms with van der Waals surface area (Å²) in [4.78, 5) is 23.4. The van der Waals surface area contributed by atoms with Gasteiger partial charge >= 0.3 is 5.97 Å². The fourth-order valence-electron chi connectivity index (χ4n) is 1.97. The number of methoxy groups -OCH3 is 1. The highest BCUT2D eigenvalue weighted by molar-refractivity contribution is 6.12. The fraction of sp³-hybridized carbons (Fsp3) is 0.231. The molecule has 94 valence electrons. The second-order valence-corrected chi connectivity index (χ2v) is 4.18. The van der Waals surface area contributed by atoms with Crippen LogP contribution in [0.2, 0.25) is 0 Å². The number of fused-ring (bicyclic) bond motifs is 1. The molecule has 2 N–H and O–H groups in total. The number of ether oxygens (including phenoxy) is 1. The molecule has 0 spiro atoms. The van der Waals surface area contributed by atoms with E-state index in [9.17, 15) is 14.7 Å². The highest BCUT2D eigenvalue weighted by Gasteiger charge is 2.50. The molecule has 0 aromatic heterocycles. The smallest absolute Gasteiger partial charge is 0.336 e. The van der Waals surface area contributed by atoms with Crippen molar-refractivity contribution in [1.82, 2.24) is 0 Å². The lowest BCUT2D eigenvalue weighted by atomic mass is 9.87. The molecule has 0 saturated carbocycles. The zero-order valence-corrected chi connectivity index (χ0v) is 10.1. The van der Waals surface area contributed by atoms with E-state index in [4.69, 9.17) is 0 Å². The first-order valence-electron chi connectivity index (χ1n) is 5.34. The van der Waals surface area contributed by atoms with Crippen LogP contribution in [-0.4, -0.2) is 24.1 Å². The molecule has 1 aliphatic heterocycles. The molecule has 1 atom stereocenters. The Balaban J connectivity index is 2.58. The Labute approximate surface area is 104 Å². The molecule has 1 aromatic rings. The maximum absolute atomic E-state index is 11.9. The average molecular weight is 247 g/mol. The van der Waals surface area contributed by atoms with Gasteiger partial charge in [-0.1, -0.05) is 24.3 Å². The van der Waals surface area contributed by atoms with E-state index < -0.39 is 17.5 Å². The number of anilines is 1. The number of aliphatic hydroxyl groups is 1. The number of carbonyl (C=O) groups excluding carboxylic acids is 2. The molecule has 0 aliphatic carbocycles. The highest BCUT2D eigenvalue weighted by Crippen LogP contribution is 2.41. The van der Waals surface area contributed by atoms with Gasteiger partial charge in [0.25, 0.3) is 5.91 Å². The molecule has 1 aromatic carbocycles. The molecule has 1 amide bonds. The molecule has 5 nitrogen and oxygen atoms in total. The van der Waals surface area contributed by atoms with Gasteiger partial charge in [-0.25, -0.2) is 4.79 Å². The number of hydrogen-bond acceptors (Lipinski definition) is 4. The van der Waals surface area contributed by atoms with E-state index in [1.807, 2.05) is 6.92 Å². The van der Waals surface area contributed by atoms with Crippen molar-refractivity contribution in [3.8, 4) is 0 Å². The largest absolute Gasteiger partial charge is 0.466 e. The van der Waals surface area contributed by atoms with E-state index in [0.717, 1.165) is 5.56 Å². The van der Waals surface area contributed by atoms with E-state index in [1.54, 1.807) is 18.2 Å². The standard InChI is InChI=1S/C13H13NO4/c1-7-4-5-10-9(6-7)13(17,12(16)14-10)8(2)11(15)18-3/h4-6,17H,2H2,1,3H3,(H,14,16). The predicted octanol–water partition coefficient (Wildman–Crippen LogP) is 0.864. The maximum Gasteiger partial charge on any atom is 0.336 e. The normalized spacial score (nSPS) is 21.2. The van der Waals surface area contributed by atoms with E-state index in [1.165, 1.54) is 7.11 Å². The Morgan fingerprint density at radius 1 is 1.50 bits per heavy atom. The molecule has 1 unspecified atom stereocenters. The minimum Gasteiger partial charge on any atom is -0.466 e. The molecule has 5 heteroatoms. The maximum atomic E-state index is 11.9. The highest BCUT2D eigenvalue weighted by atomic mass is 16.5. The number of amides is 1. The van der Waals surface area contributed by atoms with Crippen LogP contribution >= 0.6 is 0 Å². The Hall–Kier alpha value is -2.14. The first kappa shape index (κ1) is 12.3. The first-order valence-corrected chi connectivity index (χ1v) is 5.34. The minimum atomic E-state index is -2.06. The van der Waals surface area contributed by atoms with E-state index in [-0.39, 0.29) is 5.57 Å². The number of nitrogens with one attached hydrogen (secondary N) is 1. The van der Waals surface area contributed by atoms with Gasteiger partial charge in [-0.15, -0.1) is 0 Å². The van der Waals surface area contributed by atoms with Crippen LogP contribution in [0.15, 0.2) is 30.4 Å². The molecule has 0 radical (unpaired) electrons. The van der Waals surface area contributed by atoms with Crippen LogP contribution < -0.4 is 5.32 Å². The lowest BCUT2D eigenvalue weighted by Gasteiger charge is -2.21. The van der Waals surface area contributed by atoms with Gasteiger partial charge in [-0.2, -0.15) is 0 Å². The van der Waals surface area contributed by atoms with Crippen LogP contribution in [0.3, 0.4) is 0 Å². The molecule has 0 saturated heterocycles. The second kappa shape index (κ2) is 3.96. The number of rotatable bonds is 2. The summed E-state index contributed by atoms with van der Waals surface area (Å²) in [6.45, 7) is 5.30. The van der Waals surface area contributed by atoms with Crippen molar-refractivity contribution >= 4 is 17.6 Å². The van der Waals surface area contributed by atoms with Crippen LogP contribution in [0.25, 0.3) is 0 Å². The zero-order chi connectivity index (χ0) is 13.5. The Bertz CT molecular complexity index is 564. The summed E-state index contributed by atoms with van der Waals surface area (Å²) in [5.41, 5.74) is -0.705. The Morgan fingerprint density at radius 2 is 2.17 bits per heavy atom. The van der Waals surface area contributed by atoms with Crippen LogP contribution in [0.4, 0.5) is 5.69 Å².